The molecule has 4 aromatic rings. The molecule has 0 saturated carbocycles. The Morgan fingerprint density at radius 2 is 1.78 bits per heavy atom. The van der Waals surface area contributed by atoms with E-state index in [-0.39, 0.29) is 6.03 Å². The molecule has 36 heavy (non-hydrogen) atoms. The van der Waals surface area contributed by atoms with Crippen LogP contribution in [0.5, 0.6) is 5.75 Å². The SMILES string of the molecule is CCOc1cccc(CN2C(=O)NC(c3ccccc3)C(c3nc(-c4ccc(C)cc4)no3)=C2C)c1. The summed E-state index contributed by atoms with van der Waals surface area (Å²) in [6.07, 6.45) is 0. The molecule has 0 bridgehead atoms. The molecule has 182 valence electrons. The van der Waals surface area contributed by atoms with Crippen LogP contribution in [0, 0.1) is 6.92 Å². The molecule has 0 fully saturated rings. The van der Waals surface area contributed by atoms with Crippen LogP contribution >= 0.6 is 0 Å². The molecule has 1 aliphatic heterocycles. The van der Waals surface area contributed by atoms with E-state index in [1.165, 1.54) is 0 Å². The van der Waals surface area contributed by atoms with Crippen LogP contribution in [0.25, 0.3) is 17.0 Å². The van der Waals surface area contributed by atoms with Crippen LogP contribution in [0.3, 0.4) is 0 Å². The van der Waals surface area contributed by atoms with E-state index in [0.717, 1.165) is 39.3 Å². The molecular weight excluding hydrogens is 452 g/mol. The highest BCUT2D eigenvalue weighted by Crippen LogP contribution is 2.38. The fourth-order valence-corrected chi connectivity index (χ4v) is 4.38. The van der Waals surface area contributed by atoms with Gasteiger partial charge >= 0.3 is 6.03 Å². The maximum atomic E-state index is 13.3. The fraction of sp³-hybridized carbons (Fsp3) is 0.207. The number of benzene rings is 3. The molecule has 0 radical (unpaired) electrons. The number of urea groups is 1. The number of hydrogen-bond donors (Lipinski definition) is 1. The summed E-state index contributed by atoms with van der Waals surface area (Å²) in [5, 5.41) is 7.39. The third kappa shape index (κ3) is 4.73. The Kier molecular flexibility index (Phi) is 6.54. The van der Waals surface area contributed by atoms with E-state index in [1.54, 1.807) is 4.90 Å². The number of rotatable bonds is 7. The van der Waals surface area contributed by atoms with Crippen molar-refractivity contribution in [1.29, 1.82) is 0 Å². The van der Waals surface area contributed by atoms with Gasteiger partial charge in [-0.1, -0.05) is 77.5 Å². The number of amides is 2. The number of ether oxygens (including phenoxy) is 1. The summed E-state index contributed by atoms with van der Waals surface area (Å²) in [6, 6.07) is 25.0. The zero-order valence-corrected chi connectivity index (χ0v) is 20.6. The molecule has 1 atom stereocenters. The van der Waals surface area contributed by atoms with Gasteiger partial charge in [0.1, 0.15) is 5.75 Å². The lowest BCUT2D eigenvalue weighted by Crippen LogP contribution is -2.45. The van der Waals surface area contributed by atoms with Crippen LogP contribution in [0.1, 0.15) is 42.5 Å². The molecule has 1 unspecified atom stereocenters. The first-order chi connectivity index (χ1) is 17.5. The average molecular weight is 481 g/mol. The summed E-state index contributed by atoms with van der Waals surface area (Å²) >= 11 is 0. The van der Waals surface area contributed by atoms with Crippen LogP contribution in [-0.4, -0.2) is 27.7 Å². The second-order valence-electron chi connectivity index (χ2n) is 8.75. The summed E-state index contributed by atoms with van der Waals surface area (Å²) < 4.78 is 11.4. The Labute approximate surface area is 210 Å². The first-order valence-corrected chi connectivity index (χ1v) is 12.0. The van der Waals surface area contributed by atoms with Crippen LogP contribution in [0.4, 0.5) is 4.79 Å². The monoisotopic (exact) mass is 480 g/mol. The van der Waals surface area contributed by atoms with Gasteiger partial charge in [-0.2, -0.15) is 4.98 Å². The number of carbonyl (C=O) groups is 1. The molecule has 2 amide bonds. The van der Waals surface area contributed by atoms with Gasteiger partial charge in [0.05, 0.1) is 24.8 Å². The number of nitrogens with one attached hydrogen (secondary N) is 1. The third-order valence-electron chi connectivity index (χ3n) is 6.25. The largest absolute Gasteiger partial charge is 0.494 e. The molecule has 7 nitrogen and oxygen atoms in total. The Bertz CT molecular complexity index is 1390. The van der Waals surface area contributed by atoms with E-state index < -0.39 is 6.04 Å². The number of carbonyl (C=O) groups excluding carboxylic acids is 1. The summed E-state index contributed by atoms with van der Waals surface area (Å²) in [6.45, 7) is 6.86. The second kappa shape index (κ2) is 10.1. The topological polar surface area (TPSA) is 80.5 Å². The molecule has 3 aromatic carbocycles. The van der Waals surface area contributed by atoms with Crippen molar-refractivity contribution in [3.63, 3.8) is 0 Å². The molecule has 0 aliphatic carbocycles. The zero-order chi connectivity index (χ0) is 25.1. The van der Waals surface area contributed by atoms with Crippen LogP contribution in [0.15, 0.2) is 89.1 Å². The van der Waals surface area contributed by atoms with Crippen LogP contribution < -0.4 is 10.1 Å². The minimum Gasteiger partial charge on any atom is -0.494 e. The van der Waals surface area contributed by atoms with Gasteiger partial charge in [0.15, 0.2) is 0 Å². The van der Waals surface area contributed by atoms with Gasteiger partial charge in [-0.3, -0.25) is 4.90 Å². The highest BCUT2D eigenvalue weighted by molar-refractivity contribution is 5.86. The van der Waals surface area contributed by atoms with E-state index in [0.29, 0.717) is 24.9 Å². The summed E-state index contributed by atoms with van der Waals surface area (Å²) in [5.74, 6) is 1.66. The molecule has 0 spiro atoms. The van der Waals surface area contributed by atoms with Crippen molar-refractivity contribution < 1.29 is 14.1 Å². The van der Waals surface area contributed by atoms with Gasteiger partial charge in [0.2, 0.25) is 5.82 Å². The van der Waals surface area contributed by atoms with Gasteiger partial charge in [-0.25, -0.2) is 4.79 Å². The Balaban J connectivity index is 1.56. The molecule has 1 aliphatic rings. The van der Waals surface area contributed by atoms with E-state index in [4.69, 9.17) is 14.2 Å². The number of aromatic nitrogens is 2. The molecule has 0 saturated heterocycles. The maximum Gasteiger partial charge on any atom is 0.322 e. The standard InChI is InChI=1S/C29H28N4O3/c1-4-35-24-12-8-9-21(17-24)18-33-20(3)25(26(30-29(33)34)22-10-6-5-7-11-22)28-31-27(32-36-28)23-15-13-19(2)14-16-23/h5-17,26H,4,18H2,1-3H3,(H,30,34). The molecule has 5 rings (SSSR count). The third-order valence-corrected chi connectivity index (χ3v) is 6.25. The summed E-state index contributed by atoms with van der Waals surface area (Å²) in [7, 11) is 0. The predicted molar refractivity (Wildman–Crippen MR) is 138 cm³/mol. The van der Waals surface area contributed by atoms with Gasteiger partial charge in [0, 0.05) is 11.3 Å². The quantitative estimate of drug-likeness (QED) is 0.344. The molecule has 1 aromatic heterocycles. The van der Waals surface area contributed by atoms with E-state index >= 15 is 0 Å². The summed E-state index contributed by atoms with van der Waals surface area (Å²) in [5.41, 5.74) is 5.45. The minimum atomic E-state index is -0.420. The lowest BCUT2D eigenvalue weighted by Gasteiger charge is -2.35. The van der Waals surface area contributed by atoms with Crippen molar-refractivity contribution in [2.45, 2.75) is 33.4 Å². The Morgan fingerprint density at radius 3 is 2.53 bits per heavy atom. The highest BCUT2D eigenvalue weighted by Gasteiger charge is 2.35. The second-order valence-corrected chi connectivity index (χ2v) is 8.75. The van der Waals surface area contributed by atoms with Crippen molar-refractivity contribution in [3.05, 3.63) is 107 Å². The van der Waals surface area contributed by atoms with Crippen molar-refractivity contribution >= 4 is 11.6 Å². The lowest BCUT2D eigenvalue weighted by molar-refractivity contribution is 0.203. The molecule has 2 heterocycles. The van der Waals surface area contributed by atoms with Gasteiger partial charge in [0.25, 0.3) is 5.89 Å². The number of aryl methyl sites for hydroxylation is 1. The van der Waals surface area contributed by atoms with Gasteiger partial charge in [-0.15, -0.1) is 0 Å². The van der Waals surface area contributed by atoms with E-state index in [1.807, 2.05) is 99.6 Å². The normalized spacial score (nSPS) is 15.7. The average Bonchev–Trinajstić information content (AvgIpc) is 3.37. The zero-order valence-electron chi connectivity index (χ0n) is 20.6. The van der Waals surface area contributed by atoms with Crippen LogP contribution in [0.2, 0.25) is 0 Å². The lowest BCUT2D eigenvalue weighted by atomic mass is 9.94. The first kappa shape index (κ1) is 23.4. The van der Waals surface area contributed by atoms with Crippen molar-refractivity contribution in [3.8, 4) is 17.1 Å². The fourth-order valence-electron chi connectivity index (χ4n) is 4.38. The molecule has 1 N–H and O–H groups in total. The van der Waals surface area contributed by atoms with Crippen molar-refractivity contribution in [2.24, 2.45) is 0 Å². The number of allylic oxidation sites excluding steroid dienone is 1. The first-order valence-electron chi connectivity index (χ1n) is 12.0. The summed E-state index contributed by atoms with van der Waals surface area (Å²) in [4.78, 5) is 19.8. The maximum absolute atomic E-state index is 13.3. The minimum absolute atomic E-state index is 0.190. The smallest absolute Gasteiger partial charge is 0.322 e. The predicted octanol–water partition coefficient (Wildman–Crippen LogP) is 6.14. The number of hydrogen-bond acceptors (Lipinski definition) is 5. The van der Waals surface area contributed by atoms with Crippen LogP contribution in [-0.2, 0) is 6.54 Å². The van der Waals surface area contributed by atoms with E-state index in [2.05, 4.69) is 10.5 Å². The van der Waals surface area contributed by atoms with Crippen molar-refractivity contribution in [1.82, 2.24) is 20.4 Å². The number of nitrogens with zero attached hydrogens (tertiary/aromatic N) is 3. The van der Waals surface area contributed by atoms with Crippen molar-refractivity contribution in [2.75, 3.05) is 6.61 Å². The molecule has 7 heteroatoms. The Hall–Kier alpha value is -4.39. The van der Waals surface area contributed by atoms with Gasteiger partial charge in [-0.05, 0) is 44.0 Å². The molecular formula is C29H28N4O3. The van der Waals surface area contributed by atoms with E-state index in [9.17, 15) is 4.79 Å². The Morgan fingerprint density at radius 1 is 1.00 bits per heavy atom. The highest BCUT2D eigenvalue weighted by atomic mass is 16.5. The van der Waals surface area contributed by atoms with Gasteiger partial charge < -0.3 is 14.6 Å².